The number of amides is 1. The second-order valence-corrected chi connectivity index (χ2v) is 6.98. The molecule has 2 N–H and O–H groups in total. The molecular weight excluding hydrogens is 310 g/mol. The Morgan fingerprint density at radius 1 is 1.21 bits per heavy atom. The lowest BCUT2D eigenvalue weighted by atomic mass is 9.65. The number of hydrogen-bond acceptors (Lipinski definition) is 4. The molecule has 1 amide bonds. The summed E-state index contributed by atoms with van der Waals surface area (Å²) < 4.78 is 4.72. The smallest absolute Gasteiger partial charge is 0.339 e. The lowest BCUT2D eigenvalue weighted by Crippen LogP contribution is -2.43. The van der Waals surface area contributed by atoms with Gasteiger partial charge in [-0.05, 0) is 37.3 Å². The van der Waals surface area contributed by atoms with Crippen LogP contribution in [0.3, 0.4) is 0 Å². The summed E-state index contributed by atoms with van der Waals surface area (Å²) in [5, 5.41) is 12.3. The van der Waals surface area contributed by atoms with E-state index >= 15 is 0 Å². The first-order valence-electron chi connectivity index (χ1n) is 7.86. The normalized spacial score (nSPS) is 25.1. The summed E-state index contributed by atoms with van der Waals surface area (Å²) in [5.41, 5.74) is -1.03. The summed E-state index contributed by atoms with van der Waals surface area (Å²) >= 11 is 0. The van der Waals surface area contributed by atoms with Gasteiger partial charge in [0, 0.05) is 5.92 Å². The third-order valence-corrected chi connectivity index (χ3v) is 5.61. The van der Waals surface area contributed by atoms with Crippen LogP contribution in [0.25, 0.3) is 0 Å². The Kier molecular flexibility index (Phi) is 4.69. The van der Waals surface area contributed by atoms with Crippen LogP contribution in [0.2, 0.25) is 0 Å². The van der Waals surface area contributed by atoms with E-state index in [2.05, 4.69) is 5.32 Å². The van der Waals surface area contributed by atoms with Crippen molar-refractivity contribution in [3.05, 3.63) is 29.8 Å². The number of benzene rings is 1. The molecule has 1 fully saturated rings. The first-order chi connectivity index (χ1) is 11.1. The van der Waals surface area contributed by atoms with Gasteiger partial charge in [-0.2, -0.15) is 0 Å². The molecule has 0 aliphatic heterocycles. The van der Waals surface area contributed by atoms with Crippen LogP contribution in [0, 0.1) is 16.7 Å². The molecule has 2 rings (SSSR count). The Morgan fingerprint density at radius 3 is 2.38 bits per heavy atom. The number of nitrogens with one attached hydrogen (secondary N) is 1. The highest BCUT2D eigenvalue weighted by molar-refractivity contribution is 6.02. The summed E-state index contributed by atoms with van der Waals surface area (Å²) in [5.74, 6) is -2.16. The summed E-state index contributed by atoms with van der Waals surface area (Å²) in [6.45, 7) is 5.31. The van der Waals surface area contributed by atoms with E-state index < -0.39 is 28.7 Å². The lowest BCUT2D eigenvalue weighted by molar-refractivity contribution is -0.154. The predicted octanol–water partition coefficient (Wildman–Crippen LogP) is 2.94. The maximum atomic E-state index is 12.7. The van der Waals surface area contributed by atoms with Crippen molar-refractivity contribution in [3.8, 4) is 0 Å². The number of ether oxygens (including phenoxy) is 1. The van der Waals surface area contributed by atoms with Gasteiger partial charge in [0.2, 0.25) is 5.91 Å². The zero-order valence-corrected chi connectivity index (χ0v) is 14.4. The van der Waals surface area contributed by atoms with Gasteiger partial charge < -0.3 is 15.2 Å². The van der Waals surface area contributed by atoms with Crippen molar-refractivity contribution < 1.29 is 24.2 Å². The molecule has 0 bridgehead atoms. The summed E-state index contributed by atoms with van der Waals surface area (Å²) in [4.78, 5) is 36.2. The maximum absolute atomic E-state index is 12.7. The van der Waals surface area contributed by atoms with Crippen LogP contribution in [-0.4, -0.2) is 30.1 Å². The molecule has 1 aromatic carbocycles. The number of carbonyl (C=O) groups excluding carboxylic acids is 2. The Hall–Kier alpha value is -2.37. The predicted molar refractivity (Wildman–Crippen MR) is 88.7 cm³/mol. The van der Waals surface area contributed by atoms with Crippen molar-refractivity contribution >= 4 is 23.5 Å². The first kappa shape index (κ1) is 18.0. The van der Waals surface area contributed by atoms with Crippen LogP contribution in [0.4, 0.5) is 5.69 Å². The van der Waals surface area contributed by atoms with Crippen molar-refractivity contribution in [1.82, 2.24) is 0 Å². The van der Waals surface area contributed by atoms with E-state index in [1.807, 2.05) is 13.8 Å². The van der Waals surface area contributed by atoms with Crippen LogP contribution in [-0.2, 0) is 14.3 Å². The molecule has 1 saturated carbocycles. The van der Waals surface area contributed by atoms with E-state index in [0.717, 1.165) is 0 Å². The Bertz CT molecular complexity index is 682. The topological polar surface area (TPSA) is 92.7 Å². The number of aliphatic carboxylic acids is 1. The molecule has 0 spiro atoms. The van der Waals surface area contributed by atoms with Crippen LogP contribution in [0.1, 0.15) is 44.0 Å². The van der Waals surface area contributed by atoms with E-state index in [9.17, 15) is 19.5 Å². The van der Waals surface area contributed by atoms with E-state index in [-0.39, 0.29) is 11.5 Å². The van der Waals surface area contributed by atoms with Gasteiger partial charge in [0.25, 0.3) is 0 Å². The van der Waals surface area contributed by atoms with Gasteiger partial charge in [-0.15, -0.1) is 0 Å². The number of carbonyl (C=O) groups is 3. The van der Waals surface area contributed by atoms with Crippen LogP contribution >= 0.6 is 0 Å². The molecule has 1 aliphatic carbocycles. The molecule has 0 radical (unpaired) electrons. The third kappa shape index (κ3) is 2.77. The molecule has 1 aromatic rings. The fraction of sp³-hybridized carbons (Fsp3) is 0.500. The van der Waals surface area contributed by atoms with E-state index in [4.69, 9.17) is 4.74 Å². The van der Waals surface area contributed by atoms with Gasteiger partial charge in [-0.1, -0.05) is 26.0 Å². The number of carboxylic acid groups (broad SMARTS) is 1. The van der Waals surface area contributed by atoms with Crippen molar-refractivity contribution in [2.75, 3.05) is 12.4 Å². The minimum atomic E-state index is -0.961. The highest BCUT2D eigenvalue weighted by atomic mass is 16.5. The number of hydrogen-bond donors (Lipinski definition) is 2. The second-order valence-electron chi connectivity index (χ2n) is 6.98. The van der Waals surface area contributed by atoms with E-state index in [0.29, 0.717) is 18.5 Å². The molecule has 24 heavy (non-hydrogen) atoms. The molecular formula is C18H23NO5. The number of esters is 1. The van der Waals surface area contributed by atoms with Gasteiger partial charge in [0.15, 0.2) is 0 Å². The fourth-order valence-electron chi connectivity index (χ4n) is 3.44. The largest absolute Gasteiger partial charge is 0.481 e. The molecule has 1 aliphatic rings. The number of methoxy groups -OCH3 is 1. The minimum absolute atomic E-state index is 0.269. The van der Waals surface area contributed by atoms with Crippen LogP contribution in [0.5, 0.6) is 0 Å². The zero-order valence-electron chi connectivity index (χ0n) is 14.4. The van der Waals surface area contributed by atoms with Crippen molar-refractivity contribution in [3.63, 3.8) is 0 Å². The minimum Gasteiger partial charge on any atom is -0.481 e. The molecule has 0 aromatic heterocycles. The Labute approximate surface area is 141 Å². The Morgan fingerprint density at radius 2 is 1.83 bits per heavy atom. The number of carboxylic acids is 1. The van der Waals surface area contributed by atoms with Crippen LogP contribution in [0.15, 0.2) is 24.3 Å². The monoisotopic (exact) mass is 333 g/mol. The molecule has 0 saturated heterocycles. The third-order valence-electron chi connectivity index (χ3n) is 5.61. The maximum Gasteiger partial charge on any atom is 0.339 e. The SMILES string of the molecule is COC(=O)c1ccccc1NC(=O)[C@H]1CC[C@](C)(C(=O)O)C1(C)C. The summed E-state index contributed by atoms with van der Waals surface area (Å²) in [7, 11) is 1.28. The second kappa shape index (κ2) is 6.26. The van der Waals surface area contributed by atoms with Gasteiger partial charge in [-0.3, -0.25) is 9.59 Å². The zero-order chi connectivity index (χ0) is 18.1. The van der Waals surface area contributed by atoms with Crippen molar-refractivity contribution in [2.45, 2.75) is 33.6 Å². The molecule has 0 unspecified atom stereocenters. The van der Waals surface area contributed by atoms with Crippen molar-refractivity contribution in [1.29, 1.82) is 0 Å². The molecule has 6 nitrogen and oxygen atoms in total. The van der Waals surface area contributed by atoms with E-state index in [1.54, 1.807) is 31.2 Å². The average Bonchev–Trinajstić information content (AvgIpc) is 2.78. The number of rotatable bonds is 4. The van der Waals surface area contributed by atoms with Crippen LogP contribution < -0.4 is 5.32 Å². The highest BCUT2D eigenvalue weighted by Crippen LogP contribution is 2.56. The fourth-order valence-corrected chi connectivity index (χ4v) is 3.44. The van der Waals surface area contributed by atoms with Crippen molar-refractivity contribution in [2.24, 2.45) is 16.7 Å². The summed E-state index contributed by atoms with van der Waals surface area (Å²) in [6, 6.07) is 6.59. The quantitative estimate of drug-likeness (QED) is 0.826. The van der Waals surface area contributed by atoms with Gasteiger partial charge in [0.1, 0.15) is 0 Å². The van der Waals surface area contributed by atoms with Gasteiger partial charge >= 0.3 is 11.9 Å². The van der Waals surface area contributed by atoms with Gasteiger partial charge in [0.05, 0.1) is 23.8 Å². The number of para-hydroxylation sites is 1. The van der Waals surface area contributed by atoms with E-state index in [1.165, 1.54) is 7.11 Å². The molecule has 6 heteroatoms. The highest BCUT2D eigenvalue weighted by Gasteiger charge is 2.58. The average molecular weight is 333 g/mol. The summed E-state index contributed by atoms with van der Waals surface area (Å²) in [6.07, 6.45) is 0.925. The molecule has 2 atom stereocenters. The molecule has 0 heterocycles. The number of anilines is 1. The molecule has 130 valence electrons. The van der Waals surface area contributed by atoms with Gasteiger partial charge in [-0.25, -0.2) is 4.79 Å². The lowest BCUT2D eigenvalue weighted by Gasteiger charge is -2.37. The Balaban J connectivity index is 2.26. The first-order valence-corrected chi connectivity index (χ1v) is 7.86. The standard InChI is InChI=1S/C18H23NO5/c1-17(2)12(9-10-18(17,3)16(22)23)14(20)19-13-8-6-5-7-11(13)15(21)24-4/h5-8,12H,9-10H2,1-4H3,(H,19,20)(H,22,23)/t12-,18-/m1/s1.